The van der Waals surface area contributed by atoms with Gasteiger partial charge in [0, 0.05) is 0 Å². The molecular weight excluding hydrogens is 162 g/mol. The highest BCUT2D eigenvalue weighted by Gasteiger charge is 2.12. The quantitative estimate of drug-likeness (QED) is 0.446. The fourth-order valence-electron chi connectivity index (χ4n) is 1.31. The van der Waals surface area contributed by atoms with Crippen molar-refractivity contribution in [1.29, 1.82) is 0 Å². The van der Waals surface area contributed by atoms with Gasteiger partial charge in [0.25, 0.3) is 0 Å². The SMILES string of the molecule is CCC=COC(CC)N(CC)CC. The third-order valence-electron chi connectivity index (χ3n) is 2.14. The van der Waals surface area contributed by atoms with Crippen molar-refractivity contribution in [2.24, 2.45) is 0 Å². The monoisotopic (exact) mass is 185 g/mol. The van der Waals surface area contributed by atoms with Crippen LogP contribution in [-0.4, -0.2) is 24.2 Å². The fraction of sp³-hybridized carbons (Fsp3) is 0.818. The first-order chi connectivity index (χ1) is 6.29. The molecular formula is C11H23NO. The maximum Gasteiger partial charge on any atom is 0.151 e. The molecule has 1 unspecified atom stereocenters. The Kier molecular flexibility index (Phi) is 7.80. The highest BCUT2D eigenvalue weighted by Crippen LogP contribution is 2.05. The van der Waals surface area contributed by atoms with Crippen LogP contribution in [0.5, 0.6) is 0 Å². The summed E-state index contributed by atoms with van der Waals surface area (Å²) >= 11 is 0. The summed E-state index contributed by atoms with van der Waals surface area (Å²) < 4.78 is 5.62. The van der Waals surface area contributed by atoms with Crippen LogP contribution < -0.4 is 0 Å². The van der Waals surface area contributed by atoms with Crippen LogP contribution in [0.3, 0.4) is 0 Å². The normalized spacial score (nSPS) is 13.9. The van der Waals surface area contributed by atoms with Crippen molar-refractivity contribution in [2.75, 3.05) is 13.1 Å². The molecule has 0 fully saturated rings. The molecule has 0 aromatic heterocycles. The molecule has 13 heavy (non-hydrogen) atoms. The molecule has 1 atom stereocenters. The maximum absolute atomic E-state index is 5.62. The molecule has 0 radical (unpaired) electrons. The highest BCUT2D eigenvalue weighted by molar-refractivity contribution is 4.72. The summed E-state index contributed by atoms with van der Waals surface area (Å²) in [6.45, 7) is 10.7. The van der Waals surface area contributed by atoms with Crippen molar-refractivity contribution in [2.45, 2.75) is 46.8 Å². The zero-order chi connectivity index (χ0) is 10.1. The zero-order valence-corrected chi connectivity index (χ0v) is 9.42. The molecule has 0 spiro atoms. The molecule has 0 aromatic rings. The zero-order valence-electron chi connectivity index (χ0n) is 9.42. The van der Waals surface area contributed by atoms with Crippen LogP contribution in [0.1, 0.15) is 40.5 Å². The van der Waals surface area contributed by atoms with Gasteiger partial charge < -0.3 is 4.74 Å². The van der Waals surface area contributed by atoms with E-state index >= 15 is 0 Å². The second kappa shape index (κ2) is 8.11. The van der Waals surface area contributed by atoms with Gasteiger partial charge in [-0.1, -0.05) is 33.8 Å². The van der Waals surface area contributed by atoms with E-state index in [0.29, 0.717) is 0 Å². The highest BCUT2D eigenvalue weighted by atomic mass is 16.5. The predicted octanol–water partition coefficient (Wildman–Crippen LogP) is 3.00. The Balaban J connectivity index is 3.91. The van der Waals surface area contributed by atoms with Gasteiger partial charge in [-0.05, 0) is 25.9 Å². The summed E-state index contributed by atoms with van der Waals surface area (Å²) in [4.78, 5) is 2.32. The van der Waals surface area contributed by atoms with Crippen molar-refractivity contribution >= 4 is 0 Å². The smallest absolute Gasteiger partial charge is 0.151 e. The summed E-state index contributed by atoms with van der Waals surface area (Å²) in [5.41, 5.74) is 0. The molecule has 0 aliphatic rings. The van der Waals surface area contributed by atoms with Gasteiger partial charge >= 0.3 is 0 Å². The average molecular weight is 185 g/mol. The van der Waals surface area contributed by atoms with Crippen LogP contribution in [0, 0.1) is 0 Å². The molecule has 0 aliphatic carbocycles. The third-order valence-corrected chi connectivity index (χ3v) is 2.14. The number of ether oxygens (including phenoxy) is 1. The van der Waals surface area contributed by atoms with E-state index in [4.69, 9.17) is 4.74 Å². The second-order valence-corrected chi connectivity index (χ2v) is 3.00. The van der Waals surface area contributed by atoms with Crippen molar-refractivity contribution < 1.29 is 4.74 Å². The fourth-order valence-corrected chi connectivity index (χ4v) is 1.31. The summed E-state index contributed by atoms with van der Waals surface area (Å²) in [6.07, 6.45) is 6.20. The standard InChI is InChI=1S/C11H23NO/c1-5-9-10-13-11(6-2)12(7-3)8-4/h9-11H,5-8H2,1-4H3. The molecule has 0 aromatic carbocycles. The summed E-state index contributed by atoms with van der Waals surface area (Å²) in [5.74, 6) is 0. The number of allylic oxidation sites excluding steroid dienone is 1. The Hall–Kier alpha value is -0.500. The third kappa shape index (κ3) is 4.94. The first kappa shape index (κ1) is 12.5. The van der Waals surface area contributed by atoms with E-state index in [2.05, 4.69) is 32.6 Å². The molecule has 0 saturated carbocycles. The Bertz CT molecular complexity index is 130. The molecule has 0 amide bonds. The van der Waals surface area contributed by atoms with Crippen molar-refractivity contribution in [3.05, 3.63) is 12.3 Å². The number of nitrogens with zero attached hydrogens (tertiary/aromatic N) is 1. The van der Waals surface area contributed by atoms with Crippen molar-refractivity contribution in [3.63, 3.8) is 0 Å². The second-order valence-electron chi connectivity index (χ2n) is 3.00. The number of rotatable bonds is 7. The molecule has 0 bridgehead atoms. The molecule has 78 valence electrons. The largest absolute Gasteiger partial charge is 0.483 e. The van der Waals surface area contributed by atoms with E-state index in [9.17, 15) is 0 Å². The molecule has 2 nitrogen and oxygen atoms in total. The minimum absolute atomic E-state index is 0.248. The van der Waals surface area contributed by atoms with E-state index in [1.54, 1.807) is 0 Å². The average Bonchev–Trinajstić information content (AvgIpc) is 2.17. The lowest BCUT2D eigenvalue weighted by atomic mass is 10.3. The molecule has 0 rings (SSSR count). The predicted molar refractivity (Wildman–Crippen MR) is 57.5 cm³/mol. The lowest BCUT2D eigenvalue weighted by Crippen LogP contribution is -2.35. The van der Waals surface area contributed by atoms with E-state index in [1.807, 2.05) is 12.3 Å². The number of hydrogen-bond acceptors (Lipinski definition) is 2. The van der Waals surface area contributed by atoms with Crippen LogP contribution in [0.15, 0.2) is 12.3 Å². The van der Waals surface area contributed by atoms with Crippen LogP contribution in [0.4, 0.5) is 0 Å². The lowest BCUT2D eigenvalue weighted by molar-refractivity contribution is -0.00499. The van der Waals surface area contributed by atoms with Crippen molar-refractivity contribution in [3.8, 4) is 0 Å². The van der Waals surface area contributed by atoms with Gasteiger partial charge in [0.1, 0.15) is 0 Å². The van der Waals surface area contributed by atoms with Gasteiger partial charge in [-0.3, -0.25) is 4.90 Å². The van der Waals surface area contributed by atoms with Crippen LogP contribution >= 0.6 is 0 Å². The minimum Gasteiger partial charge on any atom is -0.483 e. The minimum atomic E-state index is 0.248. The molecule has 0 saturated heterocycles. The Morgan fingerprint density at radius 3 is 2.15 bits per heavy atom. The van der Waals surface area contributed by atoms with Crippen molar-refractivity contribution in [1.82, 2.24) is 4.90 Å². The first-order valence-electron chi connectivity index (χ1n) is 5.34. The van der Waals surface area contributed by atoms with Crippen LogP contribution in [-0.2, 0) is 4.74 Å². The molecule has 2 heteroatoms. The van der Waals surface area contributed by atoms with Gasteiger partial charge in [-0.25, -0.2) is 0 Å². The Morgan fingerprint density at radius 1 is 1.15 bits per heavy atom. The van der Waals surface area contributed by atoms with E-state index in [1.165, 1.54) is 0 Å². The topological polar surface area (TPSA) is 12.5 Å². The summed E-state index contributed by atoms with van der Waals surface area (Å²) in [7, 11) is 0. The molecule has 0 aliphatic heterocycles. The summed E-state index contributed by atoms with van der Waals surface area (Å²) in [6, 6.07) is 0. The maximum atomic E-state index is 5.62. The van der Waals surface area contributed by atoms with E-state index in [0.717, 1.165) is 25.9 Å². The van der Waals surface area contributed by atoms with Gasteiger partial charge in [-0.2, -0.15) is 0 Å². The Morgan fingerprint density at radius 2 is 1.77 bits per heavy atom. The van der Waals surface area contributed by atoms with Gasteiger partial charge in [0.05, 0.1) is 6.26 Å². The molecule has 0 heterocycles. The van der Waals surface area contributed by atoms with Crippen LogP contribution in [0.2, 0.25) is 0 Å². The summed E-state index contributed by atoms with van der Waals surface area (Å²) in [5, 5.41) is 0. The Labute approximate surface area is 82.6 Å². The van der Waals surface area contributed by atoms with Gasteiger partial charge in [0.15, 0.2) is 6.23 Å². The lowest BCUT2D eigenvalue weighted by Gasteiger charge is -2.27. The first-order valence-corrected chi connectivity index (χ1v) is 5.34. The van der Waals surface area contributed by atoms with E-state index < -0.39 is 0 Å². The van der Waals surface area contributed by atoms with Gasteiger partial charge in [0.2, 0.25) is 0 Å². The van der Waals surface area contributed by atoms with Crippen LogP contribution in [0.25, 0.3) is 0 Å². The van der Waals surface area contributed by atoms with E-state index in [-0.39, 0.29) is 6.23 Å². The van der Waals surface area contributed by atoms with Gasteiger partial charge in [-0.15, -0.1) is 0 Å². The molecule has 0 N–H and O–H groups in total. The number of hydrogen-bond donors (Lipinski definition) is 0.